The van der Waals surface area contributed by atoms with Crippen LogP contribution >= 0.6 is 0 Å². The van der Waals surface area contributed by atoms with Crippen LogP contribution in [-0.2, 0) is 38.6 Å². The van der Waals surface area contributed by atoms with Crippen molar-refractivity contribution >= 4 is 11.2 Å². The third-order valence-electron chi connectivity index (χ3n) is 7.92. The predicted molar refractivity (Wildman–Crippen MR) is 153 cm³/mol. The van der Waals surface area contributed by atoms with E-state index < -0.39 is 52.2 Å². The van der Waals surface area contributed by atoms with Gasteiger partial charge in [-0.15, -0.1) is 0 Å². The molecule has 1 saturated carbocycles. The fourth-order valence-electron chi connectivity index (χ4n) is 5.89. The average molecular weight is 573 g/mol. The van der Waals surface area contributed by atoms with E-state index in [4.69, 9.17) is 14.2 Å². The molecule has 4 aromatic carbocycles. The Morgan fingerprint density at radius 1 is 0.683 bits per heavy atom. The zero-order valence-electron chi connectivity index (χ0n) is 22.2. The van der Waals surface area contributed by atoms with Gasteiger partial charge in [0.05, 0.1) is 30.5 Å². The molecule has 3 N–H and O–H groups in total. The van der Waals surface area contributed by atoms with E-state index in [-0.39, 0.29) is 13.2 Å². The minimum atomic E-state index is -2.45. The average Bonchev–Trinajstić information content (AvgIpc) is 3.02. The van der Waals surface area contributed by atoms with E-state index in [1.807, 2.05) is 91.0 Å². The van der Waals surface area contributed by atoms with Gasteiger partial charge in [0.15, 0.2) is 11.0 Å². The number of aliphatic hydroxyl groups excluding tert-OH is 1. The number of rotatable bonds is 9. The quantitative estimate of drug-likeness (QED) is 0.261. The van der Waals surface area contributed by atoms with E-state index in [0.717, 1.165) is 11.1 Å². The van der Waals surface area contributed by atoms with Gasteiger partial charge in [0, 0.05) is 5.92 Å². The summed E-state index contributed by atoms with van der Waals surface area (Å²) in [6.45, 7) is 0.116. The second-order valence-electron chi connectivity index (χ2n) is 10.5. The highest BCUT2D eigenvalue weighted by molar-refractivity contribution is 7.92. The topological polar surface area (TPSA) is 111 Å². The molecule has 6 rings (SSSR count). The molecule has 1 aliphatic heterocycles. The van der Waals surface area contributed by atoms with Crippen LogP contribution in [0.15, 0.2) is 126 Å². The molecule has 8 heteroatoms. The van der Waals surface area contributed by atoms with Crippen molar-refractivity contribution in [1.82, 2.24) is 0 Å². The van der Waals surface area contributed by atoms with Gasteiger partial charge in [-0.1, -0.05) is 109 Å². The third kappa shape index (κ3) is 5.11. The first-order valence-corrected chi connectivity index (χ1v) is 14.7. The maximum atomic E-state index is 14.0. The first kappa shape index (κ1) is 28.1. The maximum Gasteiger partial charge on any atom is 0.371 e. The first-order valence-electron chi connectivity index (χ1n) is 13.6. The van der Waals surface area contributed by atoms with Crippen molar-refractivity contribution in [3.63, 3.8) is 0 Å². The van der Waals surface area contributed by atoms with E-state index in [9.17, 15) is 19.9 Å². The van der Waals surface area contributed by atoms with Crippen molar-refractivity contribution in [3.8, 4) is 0 Å². The first-order chi connectivity index (χ1) is 19.9. The number of hydrogen-bond acceptors (Lipinski definition) is 7. The van der Waals surface area contributed by atoms with Crippen LogP contribution < -0.4 is 0 Å². The van der Waals surface area contributed by atoms with Gasteiger partial charge < -0.3 is 29.3 Å². The fraction of sp³-hybridized carbons (Fsp3) is 0.273. The number of aliphatic hydroxyl groups is 3. The van der Waals surface area contributed by atoms with Gasteiger partial charge in [0.25, 0.3) is 0 Å². The van der Waals surface area contributed by atoms with Gasteiger partial charge in [-0.05, 0) is 28.8 Å². The number of fused-ring (bicyclic) bond motifs is 1. The van der Waals surface area contributed by atoms with Crippen LogP contribution in [-0.4, -0.2) is 55.0 Å². The molecule has 212 valence electrons. The molecule has 0 bridgehead atoms. The lowest BCUT2D eigenvalue weighted by Gasteiger charge is -2.64. The Hall–Kier alpha value is -3.05. The molecule has 1 heterocycles. The lowest BCUT2D eigenvalue weighted by atomic mass is 9.57. The van der Waals surface area contributed by atoms with E-state index in [2.05, 4.69) is 0 Å². The molecule has 3 unspecified atom stereocenters. The molecule has 0 radical (unpaired) electrons. The highest BCUT2D eigenvalue weighted by atomic mass is 32.2. The minimum absolute atomic E-state index is 0.0354. The molecule has 2 fully saturated rings. The standard InChI is InChI=1S/C33H32O7S/c34-28-27(25-17-9-3-10-18-25)32(35)29(28)40-33(36,41(37)26-19-11-4-12-20-26)31(39-22-24-15-7-2-8-16-24)30(32)38-21-23-13-5-1-6-14-23/h1-20,27-31,34-36H,21-22H2/t27?,28?,29-,30-,31+,32-,33-,41?/m1/s1. The van der Waals surface area contributed by atoms with Gasteiger partial charge in [-0.2, -0.15) is 0 Å². The van der Waals surface area contributed by atoms with E-state index in [0.29, 0.717) is 10.5 Å². The van der Waals surface area contributed by atoms with Crippen molar-refractivity contribution in [2.24, 2.45) is 0 Å². The zero-order valence-corrected chi connectivity index (χ0v) is 23.0. The van der Waals surface area contributed by atoms with E-state index in [1.54, 1.807) is 30.3 Å². The van der Waals surface area contributed by atoms with Crippen LogP contribution in [0, 0.1) is 0 Å². The summed E-state index contributed by atoms with van der Waals surface area (Å²) in [5.74, 6) is -0.799. The number of benzene rings is 4. The summed E-state index contributed by atoms with van der Waals surface area (Å²) in [4.78, 5) is 0.309. The maximum absolute atomic E-state index is 14.0. The Labute approximate surface area is 242 Å². The van der Waals surface area contributed by atoms with Crippen LogP contribution in [0.4, 0.5) is 0 Å². The van der Waals surface area contributed by atoms with Crippen molar-refractivity contribution < 1.29 is 34.1 Å². The summed E-state index contributed by atoms with van der Waals surface area (Å²) in [6, 6.07) is 36.4. The largest absolute Gasteiger partial charge is 0.607 e. The van der Waals surface area contributed by atoms with Gasteiger partial charge in [0.1, 0.15) is 17.8 Å². The number of hydrogen-bond donors (Lipinski definition) is 3. The highest BCUT2D eigenvalue weighted by Gasteiger charge is 2.78. The van der Waals surface area contributed by atoms with Gasteiger partial charge in [0.2, 0.25) is 0 Å². The molecule has 1 saturated heterocycles. The molecule has 7 nitrogen and oxygen atoms in total. The second-order valence-corrected chi connectivity index (χ2v) is 12.0. The molecule has 0 spiro atoms. The minimum Gasteiger partial charge on any atom is -0.607 e. The molecule has 41 heavy (non-hydrogen) atoms. The predicted octanol–water partition coefficient (Wildman–Crippen LogP) is 3.90. The zero-order chi connectivity index (χ0) is 28.5. The summed E-state index contributed by atoms with van der Waals surface area (Å²) in [5.41, 5.74) is 0.533. The Kier molecular flexibility index (Phi) is 8.00. The van der Waals surface area contributed by atoms with E-state index in [1.165, 1.54) is 0 Å². The summed E-state index contributed by atoms with van der Waals surface area (Å²) >= 11 is -2.18. The Balaban J connectivity index is 1.43. The fourth-order valence-corrected chi connectivity index (χ4v) is 7.22. The summed E-state index contributed by atoms with van der Waals surface area (Å²) in [6.07, 6.45) is -5.11. The lowest BCUT2D eigenvalue weighted by molar-refractivity contribution is -0.406. The summed E-state index contributed by atoms with van der Waals surface area (Å²) in [7, 11) is 0. The van der Waals surface area contributed by atoms with Crippen LogP contribution in [0.5, 0.6) is 0 Å². The highest BCUT2D eigenvalue weighted by Crippen LogP contribution is 2.58. The van der Waals surface area contributed by atoms with Gasteiger partial charge >= 0.3 is 5.12 Å². The summed E-state index contributed by atoms with van der Waals surface area (Å²) < 4.78 is 32.9. The molecule has 1 aliphatic carbocycles. The van der Waals surface area contributed by atoms with Gasteiger partial charge in [-0.25, -0.2) is 0 Å². The van der Waals surface area contributed by atoms with Crippen molar-refractivity contribution in [2.75, 3.05) is 0 Å². The van der Waals surface area contributed by atoms with E-state index >= 15 is 0 Å². The Bertz CT molecular complexity index is 1410. The normalized spacial score (nSPS) is 31.6. The Morgan fingerprint density at radius 3 is 1.68 bits per heavy atom. The molecular formula is C33H32O7S. The third-order valence-corrected chi connectivity index (χ3v) is 9.48. The second kappa shape index (κ2) is 11.7. The van der Waals surface area contributed by atoms with Crippen molar-refractivity contribution in [3.05, 3.63) is 138 Å². The summed E-state index contributed by atoms with van der Waals surface area (Å²) in [5, 5.41) is 33.4. The molecule has 0 amide bonds. The lowest BCUT2D eigenvalue weighted by Crippen LogP contribution is -2.84. The smallest absolute Gasteiger partial charge is 0.371 e. The molecular weight excluding hydrogens is 540 g/mol. The SMILES string of the molecule is [O-][S+](c1ccccc1)[C@]1(O)O[C@@H]2C(O)C(c3ccccc3)[C@]2(O)[C@H](OCc2ccccc2)[C@@H]1OCc1ccccc1. The van der Waals surface area contributed by atoms with Crippen LogP contribution in [0.1, 0.15) is 22.6 Å². The molecule has 0 aromatic heterocycles. The number of ether oxygens (including phenoxy) is 3. The van der Waals surface area contributed by atoms with Gasteiger partial charge in [-0.3, -0.25) is 4.74 Å². The molecule has 8 atom stereocenters. The van der Waals surface area contributed by atoms with Crippen LogP contribution in [0.25, 0.3) is 0 Å². The van der Waals surface area contributed by atoms with Crippen LogP contribution in [0.3, 0.4) is 0 Å². The Morgan fingerprint density at radius 2 is 1.15 bits per heavy atom. The van der Waals surface area contributed by atoms with Crippen molar-refractivity contribution in [1.29, 1.82) is 0 Å². The molecule has 4 aromatic rings. The van der Waals surface area contributed by atoms with Crippen molar-refractivity contribution in [2.45, 2.75) is 59.2 Å². The molecule has 2 aliphatic rings. The van der Waals surface area contributed by atoms with Crippen LogP contribution in [0.2, 0.25) is 0 Å². The monoisotopic (exact) mass is 572 g/mol.